The second-order valence-corrected chi connectivity index (χ2v) is 5.35. The molecule has 0 aromatic carbocycles. The highest BCUT2D eigenvalue weighted by molar-refractivity contribution is 7.51. The van der Waals surface area contributed by atoms with E-state index >= 15 is 0 Å². The molecule has 8 heteroatoms. The molecule has 0 aromatic heterocycles. The molecule has 0 bridgehead atoms. The third-order valence-electron chi connectivity index (χ3n) is 1.24. The van der Waals surface area contributed by atoms with Gasteiger partial charge >= 0.3 is 7.60 Å². The third-order valence-corrected chi connectivity index (χ3v) is 1.83. The Morgan fingerprint density at radius 2 is 1.88 bits per heavy atom. The molecule has 0 spiro atoms. The highest BCUT2D eigenvalue weighted by Gasteiger charge is 2.15. The van der Waals surface area contributed by atoms with E-state index in [9.17, 15) is 14.5 Å². The number of aliphatic carboxylic acids is 1. The van der Waals surface area contributed by atoms with E-state index in [0.29, 0.717) is 6.04 Å². The van der Waals surface area contributed by atoms with Crippen LogP contribution >= 0.6 is 7.60 Å². The zero-order valence-corrected chi connectivity index (χ0v) is 10.7. The Morgan fingerprint density at radius 3 is 2.06 bits per heavy atom. The minimum Gasteiger partial charge on any atom is -0.548 e. The number of quaternary nitrogens is 1. The maximum Gasteiger partial charge on any atom is 0.339 e. The van der Waals surface area contributed by atoms with Crippen molar-refractivity contribution in [2.24, 2.45) is 0 Å². The van der Waals surface area contributed by atoms with Crippen molar-refractivity contribution < 1.29 is 30.0 Å². The first-order valence-electron chi connectivity index (χ1n) is 4.92. The highest BCUT2D eigenvalue weighted by atomic mass is 31.2. The fourth-order valence-electron chi connectivity index (χ4n) is 0.623. The van der Waals surface area contributed by atoms with Gasteiger partial charge in [0.1, 0.15) is 0 Å². The average Bonchev–Trinajstić information content (AvgIpc) is 2.01. The number of nitrogens with one attached hydrogen (secondary N) is 1. The average molecular weight is 256 g/mol. The first kappa shape index (κ1) is 17.9. The zero-order valence-electron chi connectivity index (χ0n) is 9.84. The Morgan fingerprint density at radius 1 is 1.50 bits per heavy atom. The van der Waals surface area contributed by atoms with Gasteiger partial charge in [-0.3, -0.25) is 9.88 Å². The molecule has 0 aliphatic rings. The monoisotopic (exact) mass is 256 g/mol. The van der Waals surface area contributed by atoms with E-state index in [2.05, 4.69) is 24.9 Å². The van der Waals surface area contributed by atoms with Crippen LogP contribution in [0.15, 0.2) is 0 Å². The molecule has 0 rings (SSSR count). The summed E-state index contributed by atoms with van der Waals surface area (Å²) >= 11 is 0. The minimum atomic E-state index is -4.17. The van der Waals surface area contributed by atoms with Crippen LogP contribution in [-0.4, -0.2) is 34.1 Å². The summed E-state index contributed by atoms with van der Waals surface area (Å²) in [6.07, 6.45) is -0.415. The molecule has 7 nitrogen and oxygen atoms in total. The molecule has 1 atom stereocenters. The Kier molecular flexibility index (Phi) is 9.70. The largest absolute Gasteiger partial charge is 0.548 e. The van der Waals surface area contributed by atoms with Gasteiger partial charge in [0.25, 0.3) is 0 Å². The van der Waals surface area contributed by atoms with Gasteiger partial charge in [0, 0.05) is 6.04 Å². The van der Waals surface area contributed by atoms with Crippen molar-refractivity contribution in [1.29, 1.82) is 0 Å². The number of hydrogen-bond acceptors (Lipinski definition) is 4. The molecule has 6 N–H and O–H groups in total. The molecular weight excluding hydrogens is 235 g/mol. The topological polar surface area (TPSA) is 137 Å². The number of carbonyl (C=O) groups is 1. The van der Waals surface area contributed by atoms with E-state index < -0.39 is 25.9 Å². The molecule has 1 unspecified atom stereocenters. The third kappa shape index (κ3) is 16.0. The SMILES string of the molecule is CC(C)[NH3+].CCC(NCP(=O)(O)O)C(=O)[O-]. The molecule has 0 aliphatic heterocycles. The predicted molar refractivity (Wildman–Crippen MR) is 57.2 cm³/mol. The Hall–Kier alpha value is -0.460. The fourth-order valence-corrected chi connectivity index (χ4v) is 1.08. The fraction of sp³-hybridized carbons (Fsp3) is 0.875. The van der Waals surface area contributed by atoms with E-state index in [-0.39, 0.29) is 6.42 Å². The van der Waals surface area contributed by atoms with Gasteiger partial charge in [0.15, 0.2) is 0 Å². The van der Waals surface area contributed by atoms with Gasteiger partial charge in [-0.25, -0.2) is 0 Å². The lowest BCUT2D eigenvalue weighted by Crippen LogP contribution is -2.57. The van der Waals surface area contributed by atoms with Crippen molar-refractivity contribution in [3.63, 3.8) is 0 Å². The van der Waals surface area contributed by atoms with Crippen LogP contribution in [0.2, 0.25) is 0 Å². The van der Waals surface area contributed by atoms with E-state index in [1.54, 1.807) is 6.92 Å². The quantitative estimate of drug-likeness (QED) is 0.415. The van der Waals surface area contributed by atoms with Crippen molar-refractivity contribution in [3.05, 3.63) is 0 Å². The summed E-state index contributed by atoms with van der Waals surface area (Å²) < 4.78 is 10.3. The Labute approximate surface area is 95.2 Å². The van der Waals surface area contributed by atoms with Gasteiger partial charge in [-0.05, 0) is 20.3 Å². The summed E-state index contributed by atoms with van der Waals surface area (Å²) in [6, 6.07) is -0.419. The van der Waals surface area contributed by atoms with Gasteiger partial charge < -0.3 is 25.4 Å². The van der Waals surface area contributed by atoms with Crippen molar-refractivity contribution in [2.45, 2.75) is 39.3 Å². The normalized spacial score (nSPS) is 12.9. The van der Waals surface area contributed by atoms with Gasteiger partial charge in [-0.1, -0.05) is 6.92 Å². The molecule has 0 aliphatic carbocycles. The zero-order chi connectivity index (χ0) is 13.4. The molecule has 0 saturated heterocycles. The predicted octanol–water partition coefficient (Wildman–Crippen LogP) is -2.12. The Balaban J connectivity index is 0. The smallest absolute Gasteiger partial charge is 0.339 e. The second kappa shape index (κ2) is 8.66. The van der Waals surface area contributed by atoms with Crippen LogP contribution in [0.4, 0.5) is 0 Å². The second-order valence-electron chi connectivity index (χ2n) is 3.70. The number of carboxylic acids is 1. The molecule has 0 fully saturated rings. The van der Waals surface area contributed by atoms with Crippen molar-refractivity contribution >= 4 is 13.6 Å². The lowest BCUT2D eigenvalue weighted by Gasteiger charge is -2.17. The lowest BCUT2D eigenvalue weighted by atomic mass is 10.2. The maximum absolute atomic E-state index is 10.3. The van der Waals surface area contributed by atoms with Crippen LogP contribution < -0.4 is 16.2 Å². The van der Waals surface area contributed by atoms with Gasteiger partial charge in [-0.15, -0.1) is 0 Å². The van der Waals surface area contributed by atoms with E-state index in [1.807, 2.05) is 0 Å². The molecule has 98 valence electrons. The van der Waals surface area contributed by atoms with E-state index in [4.69, 9.17) is 9.79 Å². The number of carbonyl (C=O) groups excluding carboxylic acids is 1. The number of rotatable bonds is 5. The summed E-state index contributed by atoms with van der Waals surface area (Å²) in [6.45, 7) is 5.69. The molecule has 0 amide bonds. The van der Waals surface area contributed by atoms with Crippen LogP contribution in [0.5, 0.6) is 0 Å². The molecular formula is C8H21N2O5P. The van der Waals surface area contributed by atoms with Gasteiger partial charge in [0.05, 0.1) is 18.3 Å². The van der Waals surface area contributed by atoms with E-state index in [0.717, 1.165) is 0 Å². The van der Waals surface area contributed by atoms with Crippen molar-refractivity contribution in [2.75, 3.05) is 6.29 Å². The Bertz CT molecular complexity index is 238. The molecule has 0 heterocycles. The van der Waals surface area contributed by atoms with Gasteiger partial charge in [-0.2, -0.15) is 0 Å². The van der Waals surface area contributed by atoms with Crippen molar-refractivity contribution in [3.8, 4) is 0 Å². The first-order chi connectivity index (χ1) is 7.10. The summed E-state index contributed by atoms with van der Waals surface area (Å²) in [5.74, 6) is -1.36. The summed E-state index contributed by atoms with van der Waals surface area (Å²) in [5, 5.41) is 12.4. The van der Waals surface area contributed by atoms with Crippen LogP contribution in [0.1, 0.15) is 27.2 Å². The van der Waals surface area contributed by atoms with Gasteiger partial charge in [0.2, 0.25) is 0 Å². The van der Waals surface area contributed by atoms with Crippen LogP contribution in [0.25, 0.3) is 0 Å². The van der Waals surface area contributed by atoms with Crippen molar-refractivity contribution in [1.82, 2.24) is 5.32 Å². The van der Waals surface area contributed by atoms with E-state index in [1.165, 1.54) is 0 Å². The minimum absolute atomic E-state index is 0.225. The van der Waals surface area contributed by atoms with Crippen LogP contribution in [0, 0.1) is 0 Å². The summed E-state index contributed by atoms with van der Waals surface area (Å²) in [4.78, 5) is 27.0. The van der Waals surface area contributed by atoms with Crippen LogP contribution in [0.3, 0.4) is 0 Å². The highest BCUT2D eigenvalue weighted by Crippen LogP contribution is 2.32. The number of hydrogen-bond donors (Lipinski definition) is 4. The summed E-state index contributed by atoms with van der Waals surface area (Å²) in [5.41, 5.74) is 3.64. The standard InChI is InChI=1S/C5H12NO5P.C3H9N/c1-2-4(5(7)8)6-3-12(9,10)11;1-3(2)4/h4,6H,2-3H2,1H3,(H,7,8)(H2,9,10,11);3H,4H2,1-2H3. The first-order valence-corrected chi connectivity index (χ1v) is 6.71. The molecule has 0 saturated carbocycles. The maximum atomic E-state index is 10.3. The number of carboxylic acid groups (broad SMARTS) is 1. The summed E-state index contributed by atoms with van der Waals surface area (Å²) in [7, 11) is -4.17. The molecule has 0 aromatic rings. The molecule has 0 radical (unpaired) electrons. The molecule has 16 heavy (non-hydrogen) atoms. The van der Waals surface area contributed by atoms with Crippen LogP contribution in [-0.2, 0) is 9.36 Å². The lowest BCUT2D eigenvalue weighted by molar-refractivity contribution is -0.407.